The number of hydrogen-bond acceptors (Lipinski definition) is 5. The molecule has 0 saturated heterocycles. The third kappa shape index (κ3) is 4.14. The van der Waals surface area contributed by atoms with Crippen LogP contribution in [0, 0.1) is 0 Å². The average Bonchev–Trinajstić information content (AvgIpc) is 2.55. The number of benzene rings is 2. The van der Waals surface area contributed by atoms with Gasteiger partial charge >= 0.3 is 0 Å². The van der Waals surface area contributed by atoms with Crippen molar-refractivity contribution in [1.82, 2.24) is 5.43 Å². The van der Waals surface area contributed by atoms with E-state index in [1.807, 2.05) is 0 Å². The summed E-state index contributed by atoms with van der Waals surface area (Å²) >= 11 is 5.83. The first kappa shape index (κ1) is 16.6. The first-order valence-corrected chi connectivity index (χ1v) is 6.97. The second kappa shape index (κ2) is 7.51. The summed E-state index contributed by atoms with van der Waals surface area (Å²) in [6.07, 6.45) is 1.41. The predicted octanol–water partition coefficient (Wildman–Crippen LogP) is 2.83. The molecule has 7 heteroatoms. The Bertz CT molecular complexity index is 722. The van der Waals surface area contributed by atoms with Crippen molar-refractivity contribution in [3.05, 3.63) is 52.5 Å². The summed E-state index contributed by atoms with van der Waals surface area (Å²) in [5.41, 5.74) is 3.38. The zero-order valence-electron chi connectivity index (χ0n) is 12.5. The lowest BCUT2D eigenvalue weighted by Crippen LogP contribution is -2.17. The fraction of sp³-hybridized carbons (Fsp3) is 0.125. The summed E-state index contributed by atoms with van der Waals surface area (Å²) in [6, 6.07) is 9.65. The molecule has 2 rings (SSSR count). The smallest absolute Gasteiger partial charge is 0.271 e. The van der Waals surface area contributed by atoms with Crippen LogP contribution in [0.1, 0.15) is 15.9 Å². The average molecular weight is 335 g/mol. The number of ether oxygens (including phenoxy) is 2. The van der Waals surface area contributed by atoms with E-state index in [4.69, 9.17) is 21.1 Å². The Morgan fingerprint density at radius 1 is 1.22 bits per heavy atom. The fourth-order valence-electron chi connectivity index (χ4n) is 1.85. The quantitative estimate of drug-likeness (QED) is 0.651. The number of methoxy groups -OCH3 is 2. The van der Waals surface area contributed by atoms with Crippen molar-refractivity contribution in [2.24, 2.45) is 5.10 Å². The van der Waals surface area contributed by atoms with Crippen molar-refractivity contribution in [1.29, 1.82) is 0 Å². The molecule has 2 N–H and O–H groups in total. The van der Waals surface area contributed by atoms with Crippen LogP contribution >= 0.6 is 11.6 Å². The Labute approximate surface area is 138 Å². The van der Waals surface area contributed by atoms with Gasteiger partial charge in [0.2, 0.25) is 5.75 Å². The van der Waals surface area contributed by atoms with Gasteiger partial charge in [-0.1, -0.05) is 17.7 Å². The number of hydrazone groups is 1. The molecule has 2 aromatic carbocycles. The van der Waals surface area contributed by atoms with Crippen LogP contribution in [-0.2, 0) is 0 Å². The maximum atomic E-state index is 11.9. The molecule has 2 aromatic rings. The van der Waals surface area contributed by atoms with Gasteiger partial charge in [0.05, 0.1) is 20.4 Å². The highest BCUT2D eigenvalue weighted by Gasteiger charge is 2.10. The van der Waals surface area contributed by atoms with Crippen molar-refractivity contribution in [2.45, 2.75) is 0 Å². The van der Waals surface area contributed by atoms with Gasteiger partial charge in [-0.25, -0.2) is 5.43 Å². The van der Waals surface area contributed by atoms with Gasteiger partial charge in [0.1, 0.15) is 0 Å². The van der Waals surface area contributed by atoms with E-state index in [-0.39, 0.29) is 23.2 Å². The standard InChI is InChI=1S/C16H15ClN2O4/c1-22-13-6-10(7-14(23-2)15(13)20)9-18-19-16(21)11-4-3-5-12(17)8-11/h3-9,20H,1-2H3,(H,19,21)/b18-9+. The van der Waals surface area contributed by atoms with Crippen molar-refractivity contribution >= 4 is 23.7 Å². The molecule has 0 aliphatic carbocycles. The Morgan fingerprint density at radius 3 is 2.43 bits per heavy atom. The zero-order valence-corrected chi connectivity index (χ0v) is 13.3. The Hall–Kier alpha value is -2.73. The number of aromatic hydroxyl groups is 1. The third-order valence-electron chi connectivity index (χ3n) is 2.97. The van der Waals surface area contributed by atoms with Gasteiger partial charge in [0.25, 0.3) is 5.91 Å². The fourth-order valence-corrected chi connectivity index (χ4v) is 2.04. The van der Waals surface area contributed by atoms with E-state index in [1.54, 1.807) is 36.4 Å². The van der Waals surface area contributed by atoms with E-state index < -0.39 is 0 Å². The van der Waals surface area contributed by atoms with Crippen LogP contribution < -0.4 is 14.9 Å². The highest BCUT2D eigenvalue weighted by atomic mass is 35.5. The van der Waals surface area contributed by atoms with E-state index in [9.17, 15) is 9.90 Å². The molecule has 0 fully saturated rings. The SMILES string of the molecule is COc1cc(/C=N/NC(=O)c2cccc(Cl)c2)cc(OC)c1O. The number of halogens is 1. The summed E-state index contributed by atoms with van der Waals surface area (Å²) in [6.45, 7) is 0. The van der Waals surface area contributed by atoms with E-state index in [0.29, 0.717) is 16.1 Å². The van der Waals surface area contributed by atoms with Crippen molar-refractivity contribution < 1.29 is 19.4 Å². The van der Waals surface area contributed by atoms with Crippen LogP contribution in [0.2, 0.25) is 5.02 Å². The van der Waals surface area contributed by atoms with Gasteiger partial charge in [-0.3, -0.25) is 4.79 Å². The van der Waals surface area contributed by atoms with Crippen molar-refractivity contribution in [3.8, 4) is 17.2 Å². The van der Waals surface area contributed by atoms with Gasteiger partial charge < -0.3 is 14.6 Å². The van der Waals surface area contributed by atoms with Crippen LogP contribution in [0.5, 0.6) is 17.2 Å². The zero-order chi connectivity index (χ0) is 16.8. The largest absolute Gasteiger partial charge is 0.502 e. The van der Waals surface area contributed by atoms with Gasteiger partial charge in [-0.15, -0.1) is 0 Å². The van der Waals surface area contributed by atoms with Crippen molar-refractivity contribution in [3.63, 3.8) is 0 Å². The molecule has 0 saturated carbocycles. The maximum Gasteiger partial charge on any atom is 0.271 e. The van der Waals surface area contributed by atoms with Crippen LogP contribution in [0.4, 0.5) is 0 Å². The minimum absolute atomic E-state index is 0.102. The highest BCUT2D eigenvalue weighted by Crippen LogP contribution is 2.36. The number of carbonyl (C=O) groups is 1. The monoisotopic (exact) mass is 334 g/mol. The Kier molecular flexibility index (Phi) is 5.43. The highest BCUT2D eigenvalue weighted by molar-refractivity contribution is 6.30. The molecule has 0 heterocycles. The third-order valence-corrected chi connectivity index (χ3v) is 3.20. The molecule has 6 nitrogen and oxygen atoms in total. The van der Waals surface area contributed by atoms with Gasteiger partial charge in [0, 0.05) is 16.1 Å². The lowest BCUT2D eigenvalue weighted by Gasteiger charge is -2.09. The predicted molar refractivity (Wildman–Crippen MR) is 87.7 cm³/mol. The number of phenols is 1. The molecule has 0 bridgehead atoms. The molecule has 23 heavy (non-hydrogen) atoms. The van der Waals surface area contributed by atoms with Gasteiger partial charge in [0.15, 0.2) is 11.5 Å². The Morgan fingerprint density at radius 2 is 1.87 bits per heavy atom. The number of carbonyl (C=O) groups excluding carboxylic acids is 1. The number of rotatable bonds is 5. The molecule has 0 unspecified atom stereocenters. The van der Waals surface area contributed by atoms with Crippen LogP contribution in [-0.4, -0.2) is 31.4 Å². The number of amides is 1. The Balaban J connectivity index is 2.13. The van der Waals surface area contributed by atoms with E-state index in [0.717, 1.165) is 0 Å². The number of nitrogens with zero attached hydrogens (tertiary/aromatic N) is 1. The second-order valence-corrected chi connectivity index (χ2v) is 4.92. The molecule has 0 aliphatic rings. The molecule has 1 amide bonds. The van der Waals surface area contributed by atoms with Crippen LogP contribution in [0.25, 0.3) is 0 Å². The molecule has 0 aromatic heterocycles. The number of phenolic OH excluding ortho intramolecular Hbond substituents is 1. The van der Waals surface area contributed by atoms with E-state index >= 15 is 0 Å². The lowest BCUT2D eigenvalue weighted by atomic mass is 10.2. The number of hydrogen-bond donors (Lipinski definition) is 2. The molecule has 120 valence electrons. The maximum absolute atomic E-state index is 11.9. The normalized spacial score (nSPS) is 10.6. The van der Waals surface area contributed by atoms with Crippen molar-refractivity contribution in [2.75, 3.05) is 14.2 Å². The minimum Gasteiger partial charge on any atom is -0.502 e. The summed E-state index contributed by atoms with van der Waals surface area (Å²) in [7, 11) is 2.85. The summed E-state index contributed by atoms with van der Waals surface area (Å²) in [4.78, 5) is 11.9. The number of nitrogens with one attached hydrogen (secondary N) is 1. The first-order chi connectivity index (χ1) is 11.0. The first-order valence-electron chi connectivity index (χ1n) is 6.59. The lowest BCUT2D eigenvalue weighted by molar-refractivity contribution is 0.0955. The summed E-state index contributed by atoms with van der Waals surface area (Å²) in [5, 5.41) is 14.2. The van der Waals surface area contributed by atoms with Gasteiger partial charge in [-0.2, -0.15) is 5.10 Å². The molecule has 0 radical (unpaired) electrons. The van der Waals surface area contributed by atoms with Crippen LogP contribution in [0.15, 0.2) is 41.5 Å². The van der Waals surface area contributed by atoms with E-state index in [2.05, 4.69) is 10.5 Å². The molecule has 0 aliphatic heterocycles. The topological polar surface area (TPSA) is 80.2 Å². The molecular formula is C16H15ClN2O4. The van der Waals surface area contributed by atoms with Gasteiger partial charge in [-0.05, 0) is 30.3 Å². The second-order valence-electron chi connectivity index (χ2n) is 4.48. The summed E-state index contributed by atoms with van der Waals surface area (Å²) < 4.78 is 10.1. The molecule has 0 spiro atoms. The summed E-state index contributed by atoms with van der Waals surface area (Å²) in [5.74, 6) is -0.00416. The minimum atomic E-state index is -0.388. The molecule has 0 atom stereocenters. The van der Waals surface area contributed by atoms with Crippen LogP contribution in [0.3, 0.4) is 0 Å². The molecular weight excluding hydrogens is 320 g/mol. The van der Waals surface area contributed by atoms with E-state index in [1.165, 1.54) is 20.4 Å².